The van der Waals surface area contributed by atoms with E-state index >= 15 is 0 Å². The second-order valence-electron chi connectivity index (χ2n) is 12.3. The molecule has 3 aromatic heterocycles. The van der Waals surface area contributed by atoms with E-state index in [1.54, 1.807) is 0 Å². The van der Waals surface area contributed by atoms with Crippen LogP contribution < -0.4 is 0 Å². The Kier molecular flexibility index (Phi) is 5.84. The zero-order valence-electron chi connectivity index (χ0n) is 26.1. The van der Waals surface area contributed by atoms with Gasteiger partial charge in [-0.1, -0.05) is 103 Å². The molecule has 7 aromatic carbocycles. The van der Waals surface area contributed by atoms with Crippen molar-refractivity contribution in [2.45, 2.75) is 0 Å². The van der Waals surface area contributed by atoms with Crippen LogP contribution in [0.15, 0.2) is 146 Å². The number of para-hydroxylation sites is 5. The molecule has 0 spiro atoms. The van der Waals surface area contributed by atoms with Crippen LogP contribution in [0.25, 0.3) is 86.3 Å². The van der Waals surface area contributed by atoms with E-state index < -0.39 is 0 Å². The van der Waals surface area contributed by atoms with Gasteiger partial charge in [-0.25, -0.2) is 0 Å². The van der Waals surface area contributed by atoms with Gasteiger partial charge in [0.05, 0.1) is 44.6 Å². The first kappa shape index (κ1) is 27.5. The molecule has 0 atom stereocenters. The van der Waals surface area contributed by atoms with Crippen molar-refractivity contribution in [3.8, 4) is 34.6 Å². The van der Waals surface area contributed by atoms with E-state index in [0.717, 1.165) is 60.7 Å². The highest BCUT2D eigenvalue weighted by atomic mass is 32.1. The van der Waals surface area contributed by atoms with E-state index in [-0.39, 0.29) is 0 Å². The number of aromatic nitrogens is 2. The van der Waals surface area contributed by atoms with Gasteiger partial charge in [0.1, 0.15) is 12.1 Å². The fourth-order valence-corrected chi connectivity index (χ4v) is 9.08. The van der Waals surface area contributed by atoms with Crippen LogP contribution in [0.4, 0.5) is 0 Å². The smallest absolute Gasteiger partial charge is 0.101 e. The molecular weight excluding hydrogens is 617 g/mol. The molecule has 10 rings (SSSR count). The molecule has 5 heteroatoms. The van der Waals surface area contributed by atoms with Crippen molar-refractivity contribution in [3.63, 3.8) is 0 Å². The third-order valence-corrected chi connectivity index (χ3v) is 11.0. The van der Waals surface area contributed by atoms with Gasteiger partial charge >= 0.3 is 0 Å². The van der Waals surface area contributed by atoms with Gasteiger partial charge in [-0.3, -0.25) is 0 Å². The van der Waals surface area contributed by atoms with Gasteiger partial charge in [0.25, 0.3) is 0 Å². The van der Waals surface area contributed by atoms with Crippen molar-refractivity contribution in [2.24, 2.45) is 0 Å². The van der Waals surface area contributed by atoms with Gasteiger partial charge in [0.2, 0.25) is 0 Å². The predicted molar refractivity (Wildman–Crippen MR) is 203 cm³/mol. The fourth-order valence-electron chi connectivity index (χ4n) is 7.82. The maximum absolute atomic E-state index is 10.7. The highest BCUT2D eigenvalue weighted by Gasteiger charge is 2.25. The zero-order chi connectivity index (χ0) is 32.6. The Morgan fingerprint density at radius 3 is 1.49 bits per heavy atom. The van der Waals surface area contributed by atoms with Crippen LogP contribution in [0.3, 0.4) is 0 Å². The molecular formula is C44H24N4S. The number of hydrogen-bond donors (Lipinski definition) is 0. The van der Waals surface area contributed by atoms with Crippen LogP contribution in [-0.4, -0.2) is 9.13 Å². The molecule has 0 radical (unpaired) electrons. The summed E-state index contributed by atoms with van der Waals surface area (Å²) in [4.78, 5) is 0. The molecule has 10 aromatic rings. The molecule has 0 unspecified atom stereocenters. The molecule has 0 bridgehead atoms. The van der Waals surface area contributed by atoms with Gasteiger partial charge in [-0.15, -0.1) is 11.3 Å². The van der Waals surface area contributed by atoms with E-state index in [9.17, 15) is 10.5 Å². The van der Waals surface area contributed by atoms with E-state index in [2.05, 4.69) is 130 Å². The lowest BCUT2D eigenvalue weighted by atomic mass is 9.95. The van der Waals surface area contributed by atoms with E-state index in [1.165, 1.54) is 25.6 Å². The van der Waals surface area contributed by atoms with Crippen LogP contribution in [0.5, 0.6) is 0 Å². The molecule has 0 amide bonds. The minimum atomic E-state index is 0.562. The second-order valence-corrected chi connectivity index (χ2v) is 13.3. The second kappa shape index (κ2) is 10.4. The summed E-state index contributed by atoms with van der Waals surface area (Å²) in [5.74, 6) is 0. The van der Waals surface area contributed by atoms with Gasteiger partial charge < -0.3 is 9.13 Å². The number of rotatable bonds is 3. The van der Waals surface area contributed by atoms with E-state index in [4.69, 9.17) is 0 Å². The third kappa shape index (κ3) is 3.77. The lowest BCUT2D eigenvalue weighted by Gasteiger charge is -2.20. The number of fused-ring (bicyclic) bond motifs is 10. The van der Waals surface area contributed by atoms with Crippen LogP contribution in [-0.2, 0) is 0 Å². The average Bonchev–Trinajstić information content (AvgIpc) is 3.82. The summed E-state index contributed by atoms with van der Waals surface area (Å²) < 4.78 is 6.97. The summed E-state index contributed by atoms with van der Waals surface area (Å²) in [6.07, 6.45) is 0. The van der Waals surface area contributed by atoms with Crippen molar-refractivity contribution in [1.82, 2.24) is 9.13 Å². The summed E-state index contributed by atoms with van der Waals surface area (Å²) in [5, 5.41) is 28.4. The quantitative estimate of drug-likeness (QED) is 0.193. The minimum absolute atomic E-state index is 0.562. The average molecular weight is 641 g/mol. The minimum Gasteiger partial charge on any atom is -0.307 e. The molecule has 4 nitrogen and oxygen atoms in total. The third-order valence-electron chi connectivity index (χ3n) is 9.81. The van der Waals surface area contributed by atoms with Crippen molar-refractivity contribution < 1.29 is 0 Å². The molecule has 0 saturated heterocycles. The Labute approximate surface area is 285 Å². The molecule has 0 N–H and O–H groups in total. The maximum Gasteiger partial charge on any atom is 0.101 e. The van der Waals surface area contributed by atoms with Crippen LogP contribution in [0.1, 0.15) is 11.1 Å². The number of nitriles is 2. The number of nitrogens with zero attached hydrogens (tertiary/aromatic N) is 4. The monoisotopic (exact) mass is 640 g/mol. The Morgan fingerprint density at radius 2 is 0.898 bits per heavy atom. The van der Waals surface area contributed by atoms with Gasteiger partial charge in [0, 0.05) is 52.8 Å². The molecule has 0 saturated carbocycles. The van der Waals surface area contributed by atoms with Crippen LogP contribution in [0, 0.1) is 22.7 Å². The molecule has 0 aliphatic rings. The Balaban J connectivity index is 1.36. The van der Waals surface area contributed by atoms with Crippen LogP contribution in [0.2, 0.25) is 0 Å². The molecule has 3 heterocycles. The van der Waals surface area contributed by atoms with Crippen molar-refractivity contribution in [1.29, 1.82) is 10.5 Å². The predicted octanol–water partition coefficient (Wildman–Crippen LogP) is 11.7. The number of hydrogen-bond acceptors (Lipinski definition) is 3. The summed E-state index contributed by atoms with van der Waals surface area (Å²) in [7, 11) is 0. The number of benzene rings is 7. The van der Waals surface area contributed by atoms with Gasteiger partial charge in [-0.2, -0.15) is 10.5 Å². The lowest BCUT2D eigenvalue weighted by Crippen LogP contribution is -2.05. The first-order valence-corrected chi connectivity index (χ1v) is 17.0. The maximum atomic E-state index is 10.7. The first-order valence-electron chi connectivity index (χ1n) is 16.2. The number of thiophene rings is 1. The highest BCUT2D eigenvalue weighted by Crippen LogP contribution is 2.46. The van der Waals surface area contributed by atoms with Crippen molar-refractivity contribution >= 4 is 75.1 Å². The van der Waals surface area contributed by atoms with E-state index in [0.29, 0.717) is 11.1 Å². The Morgan fingerprint density at radius 1 is 0.408 bits per heavy atom. The van der Waals surface area contributed by atoms with Gasteiger partial charge in [-0.05, 0) is 42.5 Å². The molecule has 226 valence electrons. The van der Waals surface area contributed by atoms with Crippen LogP contribution >= 0.6 is 11.3 Å². The van der Waals surface area contributed by atoms with Crippen molar-refractivity contribution in [3.05, 3.63) is 157 Å². The fraction of sp³-hybridized carbons (Fsp3) is 0. The summed E-state index contributed by atoms with van der Waals surface area (Å²) in [5.41, 5.74) is 8.60. The van der Waals surface area contributed by atoms with Gasteiger partial charge in [0.15, 0.2) is 0 Å². The highest BCUT2D eigenvalue weighted by molar-refractivity contribution is 7.26. The topological polar surface area (TPSA) is 57.4 Å². The molecule has 0 fully saturated rings. The summed E-state index contributed by atoms with van der Waals surface area (Å²) in [6, 6.07) is 55.1. The zero-order valence-corrected chi connectivity index (χ0v) is 26.9. The largest absolute Gasteiger partial charge is 0.307 e. The molecule has 0 aliphatic heterocycles. The summed E-state index contributed by atoms with van der Waals surface area (Å²) >= 11 is 1.82. The normalized spacial score (nSPS) is 11.6. The summed E-state index contributed by atoms with van der Waals surface area (Å²) in [6.45, 7) is 0. The Hall–Kier alpha value is -6.66. The first-order chi connectivity index (χ1) is 24.3. The standard InChI is InChI=1S/C44H24N4S/c45-25-27-11-9-17-32(42(27)47-36-19-5-1-13-29(36)30-14-2-6-20-37(30)47)33-18-10-12-28(26-46)43(33)48-38-21-7-3-16-35(38)41-39(48)24-23-34-31-15-4-8-22-40(31)49-44(34)41/h1-24H. The lowest BCUT2D eigenvalue weighted by molar-refractivity contribution is 1.15. The van der Waals surface area contributed by atoms with E-state index in [1.807, 2.05) is 47.7 Å². The molecule has 0 aliphatic carbocycles. The SMILES string of the molecule is N#Cc1cccc(-c2cccc(C#N)c2-n2c3ccccc3c3c4sc5ccccc5c4ccc32)c1-n1c2ccccc2c2ccccc21. The Bertz CT molecular complexity index is 3030. The van der Waals surface area contributed by atoms with Crippen molar-refractivity contribution in [2.75, 3.05) is 0 Å². The molecule has 49 heavy (non-hydrogen) atoms.